The normalized spacial score (nSPS) is 17.1. The van der Waals surface area contributed by atoms with Crippen molar-refractivity contribution in [3.8, 4) is 0 Å². The van der Waals surface area contributed by atoms with Gasteiger partial charge in [0, 0.05) is 19.2 Å². The molecule has 0 radical (unpaired) electrons. The minimum atomic E-state index is -3.84. The van der Waals surface area contributed by atoms with Gasteiger partial charge in [-0.2, -0.15) is 4.72 Å². The molecular weight excluding hydrogens is 404 g/mol. The van der Waals surface area contributed by atoms with Crippen molar-refractivity contribution in [3.05, 3.63) is 24.3 Å². The molecular formula is C18H29ClN4O4S. The molecule has 1 fully saturated rings. The van der Waals surface area contributed by atoms with Crippen molar-refractivity contribution < 1.29 is 18.0 Å². The molecule has 1 unspecified atom stereocenters. The number of carbonyl (C=O) groups is 2. The number of halogens is 1. The number of hydrogen-bond donors (Lipinski definition) is 4. The average molecular weight is 433 g/mol. The van der Waals surface area contributed by atoms with Crippen LogP contribution in [0.5, 0.6) is 0 Å². The molecule has 1 aliphatic rings. The number of piperidine rings is 1. The molecule has 1 saturated heterocycles. The van der Waals surface area contributed by atoms with Crippen LogP contribution in [-0.4, -0.2) is 45.9 Å². The monoisotopic (exact) mass is 432 g/mol. The third kappa shape index (κ3) is 7.05. The number of carbonyl (C=O) groups excluding carboxylic acids is 2. The Morgan fingerprint density at radius 3 is 2.29 bits per heavy atom. The van der Waals surface area contributed by atoms with Crippen molar-refractivity contribution in [2.75, 3.05) is 25.0 Å². The maximum absolute atomic E-state index is 12.5. The average Bonchev–Trinajstić information content (AvgIpc) is 2.60. The van der Waals surface area contributed by atoms with Crippen LogP contribution < -0.4 is 20.7 Å². The Morgan fingerprint density at radius 2 is 1.75 bits per heavy atom. The van der Waals surface area contributed by atoms with Crippen LogP contribution in [0.3, 0.4) is 0 Å². The van der Waals surface area contributed by atoms with Crippen molar-refractivity contribution >= 4 is 39.9 Å². The van der Waals surface area contributed by atoms with Crippen LogP contribution in [0, 0.1) is 5.41 Å². The van der Waals surface area contributed by atoms with E-state index in [0.717, 1.165) is 25.9 Å². The highest BCUT2D eigenvalue weighted by Crippen LogP contribution is 2.26. The fraction of sp³-hybridized carbons (Fsp3) is 0.556. The van der Waals surface area contributed by atoms with Crippen molar-refractivity contribution in [1.82, 2.24) is 15.4 Å². The van der Waals surface area contributed by atoms with Gasteiger partial charge in [-0.15, -0.1) is 12.4 Å². The van der Waals surface area contributed by atoms with E-state index in [1.54, 1.807) is 0 Å². The summed E-state index contributed by atoms with van der Waals surface area (Å²) in [5.41, 5.74) is 0.529. The van der Waals surface area contributed by atoms with Crippen molar-refractivity contribution in [3.63, 3.8) is 0 Å². The quantitative estimate of drug-likeness (QED) is 0.517. The number of rotatable bonds is 7. The first kappa shape index (κ1) is 24.4. The zero-order chi connectivity index (χ0) is 20.1. The first-order valence-corrected chi connectivity index (χ1v) is 10.5. The fourth-order valence-electron chi connectivity index (χ4n) is 2.94. The highest BCUT2D eigenvalue weighted by atomic mass is 35.5. The second kappa shape index (κ2) is 10.2. The molecule has 2 rings (SSSR count). The van der Waals surface area contributed by atoms with Gasteiger partial charge >= 0.3 is 0 Å². The summed E-state index contributed by atoms with van der Waals surface area (Å²) in [6.45, 7) is 7.37. The Hall–Kier alpha value is -1.68. The molecule has 1 heterocycles. The lowest BCUT2D eigenvalue weighted by Crippen LogP contribution is -2.49. The van der Waals surface area contributed by atoms with Crippen molar-refractivity contribution in [2.24, 2.45) is 5.41 Å². The largest absolute Gasteiger partial charge is 0.354 e. The zero-order valence-corrected chi connectivity index (χ0v) is 18.0. The number of nitrogens with one attached hydrogen (secondary N) is 4. The molecule has 1 aliphatic heterocycles. The van der Waals surface area contributed by atoms with Gasteiger partial charge in [0.25, 0.3) is 0 Å². The summed E-state index contributed by atoms with van der Waals surface area (Å²) in [7, 11) is -3.84. The van der Waals surface area contributed by atoms with E-state index in [1.165, 1.54) is 38.1 Å². The SMILES string of the molecule is CC(=O)Nc1ccc(S(=O)(=O)NC(C)C(=O)NCC2(C)CCNCC2)cc1.Cl. The molecule has 0 aliphatic carbocycles. The molecule has 8 nitrogen and oxygen atoms in total. The van der Waals surface area contributed by atoms with Crippen LogP contribution in [0.25, 0.3) is 0 Å². The predicted octanol–water partition coefficient (Wildman–Crippen LogP) is 1.24. The van der Waals surface area contributed by atoms with Crippen LogP contribution in [0.2, 0.25) is 0 Å². The minimum absolute atomic E-state index is 0. The lowest BCUT2D eigenvalue weighted by atomic mass is 9.81. The molecule has 0 bridgehead atoms. The molecule has 10 heteroatoms. The highest BCUT2D eigenvalue weighted by molar-refractivity contribution is 7.89. The topological polar surface area (TPSA) is 116 Å². The van der Waals surface area contributed by atoms with Gasteiger partial charge in [0.2, 0.25) is 21.8 Å². The Kier molecular flexibility index (Phi) is 8.87. The van der Waals surface area contributed by atoms with Crippen LogP contribution in [0.1, 0.15) is 33.6 Å². The van der Waals surface area contributed by atoms with Crippen molar-refractivity contribution in [2.45, 2.75) is 44.6 Å². The molecule has 28 heavy (non-hydrogen) atoms. The molecule has 0 spiro atoms. The van der Waals surface area contributed by atoms with E-state index in [2.05, 4.69) is 27.6 Å². The molecule has 4 N–H and O–H groups in total. The molecule has 158 valence electrons. The maximum atomic E-state index is 12.5. The van der Waals surface area contributed by atoms with E-state index in [1.807, 2.05) is 0 Å². The number of sulfonamides is 1. The van der Waals surface area contributed by atoms with Gasteiger partial charge in [-0.3, -0.25) is 9.59 Å². The highest BCUT2D eigenvalue weighted by Gasteiger charge is 2.28. The summed E-state index contributed by atoms with van der Waals surface area (Å²) in [4.78, 5) is 23.4. The standard InChI is InChI=1S/C18H28N4O4S.ClH/c1-13(17(24)20-12-18(3)8-10-19-11-9-18)22-27(25,26)16-6-4-15(5-7-16)21-14(2)23;/h4-7,13,19,22H,8-12H2,1-3H3,(H,20,24)(H,21,23);1H. The van der Waals surface area contributed by atoms with Gasteiger partial charge in [0.05, 0.1) is 10.9 Å². The van der Waals surface area contributed by atoms with Gasteiger partial charge < -0.3 is 16.0 Å². The second-order valence-electron chi connectivity index (χ2n) is 7.33. The third-order valence-electron chi connectivity index (χ3n) is 4.71. The number of anilines is 1. The summed E-state index contributed by atoms with van der Waals surface area (Å²) >= 11 is 0. The molecule has 2 amide bonds. The lowest BCUT2D eigenvalue weighted by molar-refractivity contribution is -0.123. The summed E-state index contributed by atoms with van der Waals surface area (Å²) in [5, 5.41) is 8.71. The molecule has 0 aromatic heterocycles. The maximum Gasteiger partial charge on any atom is 0.241 e. The minimum Gasteiger partial charge on any atom is -0.354 e. The Bertz CT molecular complexity index is 777. The number of amides is 2. The van der Waals surface area contributed by atoms with Crippen LogP contribution in [0.15, 0.2) is 29.2 Å². The van der Waals surface area contributed by atoms with Gasteiger partial charge in [0.15, 0.2) is 0 Å². The van der Waals surface area contributed by atoms with Gasteiger partial charge in [-0.1, -0.05) is 6.92 Å². The van der Waals surface area contributed by atoms with Crippen LogP contribution >= 0.6 is 12.4 Å². The molecule has 1 aromatic rings. The van der Waals surface area contributed by atoms with E-state index in [4.69, 9.17) is 0 Å². The summed E-state index contributed by atoms with van der Waals surface area (Å²) < 4.78 is 27.3. The number of hydrogen-bond acceptors (Lipinski definition) is 5. The molecule has 1 aromatic carbocycles. The van der Waals surface area contributed by atoms with E-state index >= 15 is 0 Å². The van der Waals surface area contributed by atoms with E-state index < -0.39 is 16.1 Å². The van der Waals surface area contributed by atoms with Gasteiger partial charge in [-0.05, 0) is 62.5 Å². The molecule has 0 saturated carbocycles. The van der Waals surface area contributed by atoms with Gasteiger partial charge in [0.1, 0.15) is 0 Å². The smallest absolute Gasteiger partial charge is 0.241 e. The number of benzene rings is 1. The fourth-order valence-corrected chi connectivity index (χ4v) is 4.14. The van der Waals surface area contributed by atoms with E-state index in [9.17, 15) is 18.0 Å². The Balaban J connectivity index is 0.00000392. The zero-order valence-electron chi connectivity index (χ0n) is 16.4. The summed E-state index contributed by atoms with van der Waals surface area (Å²) in [6.07, 6.45) is 1.93. The Morgan fingerprint density at radius 1 is 1.18 bits per heavy atom. The first-order valence-electron chi connectivity index (χ1n) is 9.00. The van der Waals surface area contributed by atoms with Crippen LogP contribution in [-0.2, 0) is 19.6 Å². The van der Waals surface area contributed by atoms with Crippen LogP contribution in [0.4, 0.5) is 5.69 Å². The predicted molar refractivity (Wildman–Crippen MR) is 111 cm³/mol. The second-order valence-corrected chi connectivity index (χ2v) is 9.04. The van der Waals surface area contributed by atoms with Crippen molar-refractivity contribution in [1.29, 1.82) is 0 Å². The lowest BCUT2D eigenvalue weighted by Gasteiger charge is -2.34. The first-order chi connectivity index (χ1) is 12.6. The van der Waals surface area contributed by atoms with E-state index in [0.29, 0.717) is 12.2 Å². The van der Waals surface area contributed by atoms with Gasteiger partial charge in [-0.25, -0.2) is 8.42 Å². The Labute approximate surface area is 172 Å². The molecule has 1 atom stereocenters. The van der Waals surface area contributed by atoms with E-state index in [-0.39, 0.29) is 34.5 Å². The summed E-state index contributed by atoms with van der Waals surface area (Å²) in [6, 6.07) is 4.87. The third-order valence-corrected chi connectivity index (χ3v) is 6.27. The summed E-state index contributed by atoms with van der Waals surface area (Å²) in [5.74, 6) is -0.593.